The molecule has 114 valence electrons. The predicted octanol–water partition coefficient (Wildman–Crippen LogP) is 4.18. The van der Waals surface area contributed by atoms with Crippen molar-refractivity contribution in [3.05, 3.63) is 53.0 Å². The van der Waals surface area contributed by atoms with Crippen LogP contribution in [0.1, 0.15) is 50.1 Å². The summed E-state index contributed by atoms with van der Waals surface area (Å²) in [5.74, 6) is 1.72. The molecule has 1 heterocycles. The zero-order valence-corrected chi connectivity index (χ0v) is 13.4. The number of hydrogen-bond acceptors (Lipinski definition) is 3. The minimum atomic E-state index is 0.0492. The molecule has 0 fully saturated rings. The first-order valence-electron chi connectivity index (χ1n) is 7.47. The number of rotatable bonds is 5. The van der Waals surface area contributed by atoms with E-state index in [-0.39, 0.29) is 5.41 Å². The number of ether oxygens (including phenoxy) is 1. The van der Waals surface area contributed by atoms with E-state index in [2.05, 4.69) is 45.9 Å². The maximum absolute atomic E-state index is 6.03. The third-order valence-electron chi connectivity index (χ3n) is 3.67. The summed E-state index contributed by atoms with van der Waals surface area (Å²) >= 11 is 0. The third kappa shape index (κ3) is 3.67. The van der Waals surface area contributed by atoms with Crippen molar-refractivity contribution in [3.63, 3.8) is 0 Å². The summed E-state index contributed by atoms with van der Waals surface area (Å²) in [4.78, 5) is 0. The molecule has 0 unspecified atom stereocenters. The first-order valence-corrected chi connectivity index (χ1v) is 7.47. The van der Waals surface area contributed by atoms with E-state index in [1.54, 1.807) is 6.26 Å². The van der Waals surface area contributed by atoms with Gasteiger partial charge in [0.25, 0.3) is 0 Å². The summed E-state index contributed by atoms with van der Waals surface area (Å²) in [5.41, 5.74) is 9.28. The van der Waals surface area contributed by atoms with E-state index in [0.717, 1.165) is 23.5 Å². The van der Waals surface area contributed by atoms with E-state index in [4.69, 9.17) is 14.9 Å². The topological polar surface area (TPSA) is 48.4 Å². The maximum Gasteiger partial charge on any atom is 0.123 e. The lowest BCUT2D eigenvalue weighted by Crippen LogP contribution is -2.14. The SMILES string of the molecule is CCc1ccc(OCc2ccoc2CN)c(C(C)(C)C)c1. The molecule has 0 aliphatic carbocycles. The lowest BCUT2D eigenvalue weighted by molar-refractivity contribution is 0.294. The number of furan rings is 1. The van der Waals surface area contributed by atoms with E-state index >= 15 is 0 Å². The maximum atomic E-state index is 6.03. The van der Waals surface area contributed by atoms with Crippen LogP contribution in [0.4, 0.5) is 0 Å². The Morgan fingerprint density at radius 2 is 1.95 bits per heavy atom. The highest BCUT2D eigenvalue weighted by Crippen LogP contribution is 2.33. The van der Waals surface area contributed by atoms with Gasteiger partial charge >= 0.3 is 0 Å². The fraction of sp³-hybridized carbons (Fsp3) is 0.444. The van der Waals surface area contributed by atoms with E-state index in [1.807, 2.05) is 6.07 Å². The molecule has 0 atom stereocenters. The van der Waals surface area contributed by atoms with Crippen LogP contribution in [0.5, 0.6) is 5.75 Å². The van der Waals surface area contributed by atoms with Gasteiger partial charge < -0.3 is 14.9 Å². The second-order valence-electron chi connectivity index (χ2n) is 6.30. The first-order chi connectivity index (χ1) is 9.95. The Balaban J connectivity index is 2.23. The number of nitrogens with two attached hydrogens (primary N) is 1. The Kier molecular flexibility index (Phi) is 4.73. The molecule has 0 amide bonds. The molecule has 0 saturated carbocycles. The number of hydrogen-bond donors (Lipinski definition) is 1. The molecule has 2 aromatic rings. The third-order valence-corrected chi connectivity index (χ3v) is 3.67. The highest BCUT2D eigenvalue weighted by atomic mass is 16.5. The number of aryl methyl sites for hydroxylation is 1. The summed E-state index contributed by atoms with van der Waals surface area (Å²) in [6.45, 7) is 9.67. The summed E-state index contributed by atoms with van der Waals surface area (Å²) in [5, 5.41) is 0. The molecule has 3 nitrogen and oxygen atoms in total. The van der Waals surface area contributed by atoms with E-state index in [9.17, 15) is 0 Å². The average molecular weight is 287 g/mol. The lowest BCUT2D eigenvalue weighted by Gasteiger charge is -2.23. The largest absolute Gasteiger partial charge is 0.488 e. The minimum Gasteiger partial charge on any atom is -0.488 e. The molecule has 2 rings (SSSR count). The standard InChI is InChI=1S/C18H25NO2/c1-5-13-6-7-16(15(10-13)18(2,3)4)21-12-14-8-9-20-17(14)11-19/h6-10H,5,11-12,19H2,1-4H3. The molecule has 3 heteroatoms. The second kappa shape index (κ2) is 6.35. The molecule has 2 N–H and O–H groups in total. The molecule has 0 aliphatic rings. The fourth-order valence-corrected chi connectivity index (χ4v) is 2.34. The van der Waals surface area contributed by atoms with Crippen molar-refractivity contribution in [2.45, 2.75) is 52.7 Å². The van der Waals surface area contributed by atoms with Gasteiger partial charge in [0.1, 0.15) is 18.1 Å². The molecule has 0 bridgehead atoms. The zero-order valence-electron chi connectivity index (χ0n) is 13.4. The Morgan fingerprint density at radius 1 is 1.19 bits per heavy atom. The van der Waals surface area contributed by atoms with Crippen molar-refractivity contribution in [1.82, 2.24) is 0 Å². The molecule has 0 radical (unpaired) electrons. The molecule has 0 spiro atoms. The Hall–Kier alpha value is -1.74. The molecule has 1 aromatic carbocycles. The van der Waals surface area contributed by atoms with Crippen LogP contribution in [-0.2, 0) is 25.0 Å². The van der Waals surface area contributed by atoms with Crippen molar-refractivity contribution in [3.8, 4) is 5.75 Å². The smallest absolute Gasteiger partial charge is 0.123 e. The number of benzene rings is 1. The highest BCUT2D eigenvalue weighted by molar-refractivity contribution is 5.41. The molecule has 21 heavy (non-hydrogen) atoms. The Labute approximate surface area is 127 Å². The van der Waals surface area contributed by atoms with Gasteiger partial charge in [0.2, 0.25) is 0 Å². The van der Waals surface area contributed by atoms with Crippen LogP contribution < -0.4 is 10.5 Å². The van der Waals surface area contributed by atoms with Gasteiger partial charge in [-0.3, -0.25) is 0 Å². The monoisotopic (exact) mass is 287 g/mol. The zero-order chi connectivity index (χ0) is 15.5. The van der Waals surface area contributed by atoms with Crippen LogP contribution in [-0.4, -0.2) is 0 Å². The van der Waals surface area contributed by atoms with Crippen molar-refractivity contribution >= 4 is 0 Å². The lowest BCUT2D eigenvalue weighted by atomic mass is 9.85. The van der Waals surface area contributed by atoms with Gasteiger partial charge in [0, 0.05) is 5.56 Å². The normalized spacial score (nSPS) is 11.7. The average Bonchev–Trinajstić information content (AvgIpc) is 2.91. The molecule has 1 aromatic heterocycles. The molecular weight excluding hydrogens is 262 g/mol. The first kappa shape index (κ1) is 15.6. The molecular formula is C18H25NO2. The molecule has 0 saturated heterocycles. The van der Waals surface area contributed by atoms with Crippen LogP contribution in [0.25, 0.3) is 0 Å². The van der Waals surface area contributed by atoms with Gasteiger partial charge in [-0.1, -0.05) is 39.8 Å². The fourth-order valence-electron chi connectivity index (χ4n) is 2.34. The van der Waals surface area contributed by atoms with E-state index in [0.29, 0.717) is 13.2 Å². The van der Waals surface area contributed by atoms with Gasteiger partial charge in [-0.15, -0.1) is 0 Å². The predicted molar refractivity (Wildman–Crippen MR) is 85.5 cm³/mol. The second-order valence-corrected chi connectivity index (χ2v) is 6.30. The van der Waals surface area contributed by atoms with Crippen LogP contribution in [0, 0.1) is 0 Å². The van der Waals surface area contributed by atoms with Crippen molar-refractivity contribution < 1.29 is 9.15 Å². The van der Waals surface area contributed by atoms with Crippen LogP contribution in [0.15, 0.2) is 34.9 Å². The van der Waals surface area contributed by atoms with Gasteiger partial charge in [-0.2, -0.15) is 0 Å². The van der Waals surface area contributed by atoms with Gasteiger partial charge in [0.05, 0.1) is 12.8 Å². The van der Waals surface area contributed by atoms with E-state index in [1.165, 1.54) is 11.1 Å². The minimum absolute atomic E-state index is 0.0492. The van der Waals surface area contributed by atoms with Gasteiger partial charge in [0.15, 0.2) is 0 Å². The summed E-state index contributed by atoms with van der Waals surface area (Å²) < 4.78 is 11.4. The van der Waals surface area contributed by atoms with Crippen LogP contribution in [0.2, 0.25) is 0 Å². The van der Waals surface area contributed by atoms with Crippen molar-refractivity contribution in [2.75, 3.05) is 0 Å². The highest BCUT2D eigenvalue weighted by Gasteiger charge is 2.20. The van der Waals surface area contributed by atoms with Crippen LogP contribution in [0.3, 0.4) is 0 Å². The summed E-state index contributed by atoms with van der Waals surface area (Å²) in [7, 11) is 0. The van der Waals surface area contributed by atoms with Crippen molar-refractivity contribution in [2.24, 2.45) is 5.73 Å². The van der Waals surface area contributed by atoms with Crippen LogP contribution >= 0.6 is 0 Å². The summed E-state index contributed by atoms with van der Waals surface area (Å²) in [6.07, 6.45) is 2.69. The van der Waals surface area contributed by atoms with Gasteiger partial charge in [-0.05, 0) is 35.1 Å². The van der Waals surface area contributed by atoms with Gasteiger partial charge in [-0.25, -0.2) is 0 Å². The quantitative estimate of drug-likeness (QED) is 0.897. The molecule has 0 aliphatic heterocycles. The summed E-state index contributed by atoms with van der Waals surface area (Å²) in [6, 6.07) is 8.36. The Morgan fingerprint density at radius 3 is 2.57 bits per heavy atom. The van der Waals surface area contributed by atoms with E-state index < -0.39 is 0 Å². The Bertz CT molecular complexity index is 594. The van der Waals surface area contributed by atoms with Crippen molar-refractivity contribution in [1.29, 1.82) is 0 Å².